The molecular weight excluding hydrogens is 372 g/mol. The summed E-state index contributed by atoms with van der Waals surface area (Å²) in [5.74, 6) is 1.18. The molecule has 2 atom stereocenters. The number of quaternary nitrogens is 2. The zero-order chi connectivity index (χ0) is 19.0. The number of rotatable bonds is 4. The van der Waals surface area contributed by atoms with Gasteiger partial charge in [0.2, 0.25) is 0 Å². The molecule has 0 saturated carbocycles. The maximum atomic E-state index is 11.2. The molecule has 4 N–H and O–H groups in total. The second-order valence-corrected chi connectivity index (χ2v) is 6.84. The summed E-state index contributed by atoms with van der Waals surface area (Å²) < 4.78 is 1.89. The van der Waals surface area contributed by atoms with E-state index in [1.54, 1.807) is 36.4 Å². The Bertz CT molecular complexity index is 964. The summed E-state index contributed by atoms with van der Waals surface area (Å²) in [5, 5.41) is 48.0. The summed E-state index contributed by atoms with van der Waals surface area (Å²) in [6, 6.07) is 13.3. The number of nitrogens with one attached hydrogen (secondary N) is 2. The summed E-state index contributed by atoms with van der Waals surface area (Å²) in [6.45, 7) is 0.436. The third-order valence-electron chi connectivity index (χ3n) is 4.20. The van der Waals surface area contributed by atoms with Crippen LogP contribution in [0.25, 0.3) is 11.4 Å². The minimum absolute atomic E-state index is 0.180. The molecule has 1 aliphatic heterocycles. The van der Waals surface area contributed by atoms with Crippen molar-refractivity contribution in [1.29, 1.82) is 0 Å². The van der Waals surface area contributed by atoms with Gasteiger partial charge < -0.3 is 15.3 Å². The number of fused-ring (bicyclic) bond motifs is 1. The van der Waals surface area contributed by atoms with Gasteiger partial charge in [-0.2, -0.15) is 10.5 Å². The summed E-state index contributed by atoms with van der Waals surface area (Å²) in [4.78, 5) is 2.01. The molecule has 0 spiro atoms. The fourth-order valence-corrected chi connectivity index (χ4v) is 3.77. The van der Waals surface area contributed by atoms with Crippen LogP contribution in [-0.4, -0.2) is 31.1 Å². The Morgan fingerprint density at radius 1 is 0.963 bits per heavy atom. The molecule has 1 aromatic heterocycles. The largest absolute Gasteiger partial charge is 0.595 e. The predicted octanol–water partition coefficient (Wildman–Crippen LogP) is 0.279. The van der Waals surface area contributed by atoms with Crippen LogP contribution in [0, 0.1) is 10.4 Å². The highest BCUT2D eigenvalue weighted by Gasteiger charge is 2.23. The molecule has 0 radical (unpaired) electrons. The second kappa shape index (κ2) is 7.25. The lowest BCUT2D eigenvalue weighted by molar-refractivity contribution is -0.991. The average molecular weight is 388 g/mol. The van der Waals surface area contributed by atoms with Crippen LogP contribution in [-0.2, 0) is 6.67 Å². The molecule has 2 heterocycles. The summed E-state index contributed by atoms with van der Waals surface area (Å²) in [7, 11) is 0. The second-order valence-electron chi connectivity index (χ2n) is 5.93. The van der Waals surface area contributed by atoms with Crippen molar-refractivity contribution in [3.63, 3.8) is 0 Å². The molecule has 2 aromatic carbocycles. The lowest BCUT2D eigenvalue weighted by atomic mass is 10.2. The lowest BCUT2D eigenvalue weighted by Gasteiger charge is -2.30. The molecule has 0 bridgehead atoms. The van der Waals surface area contributed by atoms with Crippen LogP contribution >= 0.6 is 11.8 Å². The normalized spacial score (nSPS) is 16.1. The Morgan fingerprint density at radius 3 is 2.41 bits per heavy atom. The predicted molar refractivity (Wildman–Crippen MR) is 96.7 cm³/mol. The van der Waals surface area contributed by atoms with E-state index in [0.29, 0.717) is 23.9 Å². The van der Waals surface area contributed by atoms with Crippen molar-refractivity contribution in [1.82, 2.24) is 14.8 Å². The number of nitrogens with zero attached hydrogens (tertiary/aromatic N) is 4. The Morgan fingerprint density at radius 2 is 1.67 bits per heavy atom. The fourth-order valence-electron chi connectivity index (χ4n) is 2.87. The van der Waals surface area contributed by atoms with Gasteiger partial charge in [-0.25, -0.2) is 10.4 Å². The van der Waals surface area contributed by atoms with Crippen molar-refractivity contribution < 1.29 is 20.9 Å². The van der Waals surface area contributed by atoms with Gasteiger partial charge in [0.1, 0.15) is 0 Å². The quantitative estimate of drug-likeness (QED) is 0.469. The van der Waals surface area contributed by atoms with Crippen LogP contribution in [0.15, 0.2) is 53.7 Å². The molecule has 0 amide bonds. The first kappa shape index (κ1) is 17.9. The maximum Gasteiger partial charge on any atom is 0.194 e. The Kier molecular flexibility index (Phi) is 4.80. The number of benzene rings is 2. The molecule has 27 heavy (non-hydrogen) atoms. The van der Waals surface area contributed by atoms with E-state index in [0.717, 1.165) is 10.8 Å². The van der Waals surface area contributed by atoms with Crippen LogP contribution in [0.1, 0.15) is 0 Å². The molecule has 0 saturated heterocycles. The molecule has 2 unspecified atom stereocenters. The SMILES string of the molecule is [O-][NH+](O)c1cccc(-c2nnc3n2CN(c2cccc([NH+]([O-])O)c2)CS3)c1. The number of hydrogen-bond acceptors (Lipinski definition) is 8. The van der Waals surface area contributed by atoms with Crippen LogP contribution < -0.4 is 15.4 Å². The highest BCUT2D eigenvalue weighted by atomic mass is 32.2. The van der Waals surface area contributed by atoms with Gasteiger partial charge in [-0.1, -0.05) is 30.0 Å². The standard InChI is InChI=1S/C16H16N6O4S/c23-21(24)13-5-1-3-11(7-13)15-17-18-16-20(15)9-19(10-27-16)12-4-2-6-14(8-12)22(25)26/h1-8,21-23,25H,9-10H2. The van der Waals surface area contributed by atoms with E-state index in [1.165, 1.54) is 17.8 Å². The first-order chi connectivity index (χ1) is 13.0. The highest BCUT2D eigenvalue weighted by molar-refractivity contribution is 7.99. The molecule has 11 heteroatoms. The molecule has 4 rings (SSSR count). The zero-order valence-corrected chi connectivity index (χ0v) is 14.8. The van der Waals surface area contributed by atoms with Crippen molar-refractivity contribution in [2.24, 2.45) is 0 Å². The van der Waals surface area contributed by atoms with Crippen LogP contribution in [0.5, 0.6) is 0 Å². The van der Waals surface area contributed by atoms with Gasteiger partial charge >= 0.3 is 0 Å². The number of hydrogen-bond donors (Lipinski definition) is 4. The van der Waals surface area contributed by atoms with Crippen molar-refractivity contribution in [3.05, 3.63) is 58.9 Å². The Labute approximate surface area is 157 Å². The molecule has 10 nitrogen and oxygen atoms in total. The lowest BCUT2D eigenvalue weighted by Crippen LogP contribution is -2.99. The summed E-state index contributed by atoms with van der Waals surface area (Å²) in [6.07, 6.45) is 0. The molecular formula is C16H16N6O4S. The van der Waals surface area contributed by atoms with Gasteiger partial charge in [-0.05, 0) is 6.07 Å². The van der Waals surface area contributed by atoms with Crippen molar-refractivity contribution >= 4 is 28.8 Å². The number of thioether (sulfide) groups is 1. The molecule has 3 aromatic rings. The van der Waals surface area contributed by atoms with Gasteiger partial charge in [-0.3, -0.25) is 4.57 Å². The van der Waals surface area contributed by atoms with Gasteiger partial charge in [-0.15, -0.1) is 10.2 Å². The molecule has 0 aliphatic carbocycles. The van der Waals surface area contributed by atoms with Crippen molar-refractivity contribution in [2.45, 2.75) is 11.8 Å². The van der Waals surface area contributed by atoms with Crippen LogP contribution in [0.2, 0.25) is 0 Å². The van der Waals surface area contributed by atoms with Crippen molar-refractivity contribution in [3.8, 4) is 11.4 Å². The minimum atomic E-state index is -1.00. The van der Waals surface area contributed by atoms with Gasteiger partial charge in [0.15, 0.2) is 22.4 Å². The monoisotopic (exact) mass is 388 g/mol. The highest BCUT2D eigenvalue weighted by Crippen LogP contribution is 2.32. The van der Waals surface area contributed by atoms with Crippen molar-refractivity contribution in [2.75, 3.05) is 10.8 Å². The smallest absolute Gasteiger partial charge is 0.194 e. The Balaban J connectivity index is 1.66. The van der Waals surface area contributed by atoms with Crippen LogP contribution in [0.4, 0.5) is 17.1 Å². The van der Waals surface area contributed by atoms with E-state index in [-0.39, 0.29) is 11.4 Å². The average Bonchev–Trinajstić information content (AvgIpc) is 3.11. The topological polar surface area (TPSA) is 129 Å². The van der Waals surface area contributed by atoms with E-state index in [1.807, 2.05) is 15.5 Å². The fraction of sp³-hybridized carbons (Fsp3) is 0.125. The van der Waals surface area contributed by atoms with Gasteiger partial charge in [0.25, 0.3) is 0 Å². The maximum absolute atomic E-state index is 11.2. The first-order valence-corrected chi connectivity index (χ1v) is 8.99. The van der Waals surface area contributed by atoms with Gasteiger partial charge in [0, 0.05) is 35.5 Å². The minimum Gasteiger partial charge on any atom is -0.595 e. The first-order valence-electron chi connectivity index (χ1n) is 8.01. The number of anilines is 1. The number of aromatic nitrogens is 3. The third kappa shape index (κ3) is 3.52. The molecule has 0 fully saturated rings. The third-order valence-corrected chi connectivity index (χ3v) is 5.21. The van der Waals surface area contributed by atoms with E-state index in [2.05, 4.69) is 10.2 Å². The van der Waals surface area contributed by atoms with Crippen LogP contribution in [0.3, 0.4) is 0 Å². The molecule has 1 aliphatic rings. The molecule has 140 valence electrons. The Hall–Kier alpha value is -2.51. The van der Waals surface area contributed by atoms with Gasteiger partial charge in [0.05, 0.1) is 12.5 Å². The summed E-state index contributed by atoms with van der Waals surface area (Å²) in [5.41, 5.74) is 1.85. The van der Waals surface area contributed by atoms with E-state index in [9.17, 15) is 20.8 Å². The zero-order valence-electron chi connectivity index (χ0n) is 13.9. The van der Waals surface area contributed by atoms with E-state index < -0.39 is 10.5 Å². The summed E-state index contributed by atoms with van der Waals surface area (Å²) >= 11 is 1.48. The van der Waals surface area contributed by atoms with E-state index in [4.69, 9.17) is 0 Å². The van der Waals surface area contributed by atoms with E-state index >= 15 is 0 Å².